The smallest absolute Gasteiger partial charge is 0.300 e. The maximum absolute atomic E-state index is 12.8. The van der Waals surface area contributed by atoms with Crippen molar-refractivity contribution in [1.82, 2.24) is 5.32 Å². The van der Waals surface area contributed by atoms with Crippen molar-refractivity contribution in [3.05, 3.63) is 0 Å². The van der Waals surface area contributed by atoms with E-state index in [4.69, 9.17) is 0 Å². The van der Waals surface area contributed by atoms with Gasteiger partial charge in [0.1, 0.15) is 5.54 Å². The Morgan fingerprint density at radius 2 is 1.69 bits per heavy atom. The third-order valence-electron chi connectivity index (χ3n) is 4.25. The van der Waals surface area contributed by atoms with Crippen LogP contribution in [-0.2, 0) is 0 Å². The lowest BCUT2D eigenvalue weighted by Crippen LogP contribution is -2.55. The van der Waals surface area contributed by atoms with Crippen LogP contribution in [0.5, 0.6) is 0 Å². The van der Waals surface area contributed by atoms with E-state index >= 15 is 0 Å². The van der Waals surface area contributed by atoms with Gasteiger partial charge in [0.25, 0.3) is 0 Å². The van der Waals surface area contributed by atoms with Gasteiger partial charge in [-0.05, 0) is 31.1 Å². The molecule has 2 rings (SSSR count). The summed E-state index contributed by atoms with van der Waals surface area (Å²) in [5.74, 6) is 0. The van der Waals surface area contributed by atoms with E-state index in [9.17, 15) is 13.2 Å². The van der Waals surface area contributed by atoms with Gasteiger partial charge in [0.05, 0.1) is 0 Å². The van der Waals surface area contributed by atoms with E-state index in [2.05, 4.69) is 19.2 Å². The van der Waals surface area contributed by atoms with E-state index in [1.807, 2.05) is 0 Å². The largest absolute Gasteiger partial charge is 0.406 e. The second-order valence-electron chi connectivity index (χ2n) is 6.01. The molecule has 0 aliphatic heterocycles. The molecule has 16 heavy (non-hydrogen) atoms. The number of halogens is 3. The Hall–Kier alpha value is -0.250. The zero-order valence-electron chi connectivity index (χ0n) is 9.95. The predicted octanol–water partition coefficient (Wildman–Crippen LogP) is 3.64. The second kappa shape index (κ2) is 3.62. The van der Waals surface area contributed by atoms with Crippen molar-refractivity contribution < 1.29 is 13.2 Å². The first-order valence-electron chi connectivity index (χ1n) is 6.11. The lowest BCUT2D eigenvalue weighted by Gasteiger charge is -2.41. The van der Waals surface area contributed by atoms with Crippen LogP contribution >= 0.6 is 0 Å². The van der Waals surface area contributed by atoms with Gasteiger partial charge in [-0.1, -0.05) is 26.7 Å². The molecule has 0 amide bonds. The summed E-state index contributed by atoms with van der Waals surface area (Å²) in [6.07, 6.45) is 0.523. The zero-order chi connectivity index (χ0) is 12.0. The number of hydrogen-bond acceptors (Lipinski definition) is 1. The van der Waals surface area contributed by atoms with Crippen LogP contribution in [0.25, 0.3) is 0 Å². The van der Waals surface area contributed by atoms with Crippen LogP contribution in [0.4, 0.5) is 13.2 Å². The van der Waals surface area contributed by atoms with Crippen molar-refractivity contribution in [1.29, 1.82) is 0 Å². The molecular formula is C12H20F3N. The third kappa shape index (κ3) is 2.08. The summed E-state index contributed by atoms with van der Waals surface area (Å²) in [7, 11) is 0. The van der Waals surface area contributed by atoms with Gasteiger partial charge in [-0.3, -0.25) is 0 Å². The number of alkyl halides is 3. The molecule has 0 spiro atoms. The normalized spacial score (nSPS) is 32.4. The fourth-order valence-corrected chi connectivity index (χ4v) is 2.73. The van der Waals surface area contributed by atoms with E-state index in [0.717, 1.165) is 25.7 Å². The van der Waals surface area contributed by atoms with Crippen LogP contribution in [0.3, 0.4) is 0 Å². The minimum absolute atomic E-state index is 0.000903. The Bertz CT molecular complexity index is 266. The molecule has 0 aromatic heterocycles. The highest BCUT2D eigenvalue weighted by Gasteiger charge is 2.64. The quantitative estimate of drug-likeness (QED) is 0.770. The summed E-state index contributed by atoms with van der Waals surface area (Å²) < 4.78 is 38.5. The molecule has 2 aliphatic rings. The Balaban J connectivity index is 2.04. The van der Waals surface area contributed by atoms with E-state index < -0.39 is 11.7 Å². The van der Waals surface area contributed by atoms with Crippen LogP contribution < -0.4 is 5.32 Å². The van der Waals surface area contributed by atoms with E-state index in [-0.39, 0.29) is 24.3 Å². The Kier molecular flexibility index (Phi) is 2.76. The number of hydrogen-bond donors (Lipinski definition) is 1. The molecule has 1 nitrogen and oxygen atoms in total. The molecule has 4 heteroatoms. The topological polar surface area (TPSA) is 12.0 Å². The second-order valence-corrected chi connectivity index (χ2v) is 6.01. The van der Waals surface area contributed by atoms with Crippen molar-refractivity contribution in [2.45, 2.75) is 70.1 Å². The van der Waals surface area contributed by atoms with Gasteiger partial charge in [-0.2, -0.15) is 13.2 Å². The summed E-state index contributed by atoms with van der Waals surface area (Å²) in [6.45, 7) is 4.16. The first kappa shape index (κ1) is 12.2. The van der Waals surface area contributed by atoms with Crippen molar-refractivity contribution in [2.24, 2.45) is 5.41 Å². The molecule has 0 heterocycles. The summed E-state index contributed by atoms with van der Waals surface area (Å²) in [5, 5.41) is 2.91. The molecule has 1 atom stereocenters. The fraction of sp³-hybridized carbons (Fsp3) is 1.00. The van der Waals surface area contributed by atoms with E-state index in [0.29, 0.717) is 0 Å². The lowest BCUT2D eigenvalue weighted by atomic mass is 9.73. The standard InChI is InChI=1S/C12H20F3N/c1-10(2)6-4-3-5-9(10)16-11(7-8-11)12(13,14)15/h9,16H,3-8H2,1-2H3. The maximum atomic E-state index is 12.8. The predicted molar refractivity (Wildman–Crippen MR) is 57.2 cm³/mol. The van der Waals surface area contributed by atoms with Crippen LogP contribution in [0.15, 0.2) is 0 Å². The van der Waals surface area contributed by atoms with Crippen molar-refractivity contribution >= 4 is 0 Å². The molecule has 2 fully saturated rings. The minimum atomic E-state index is -4.08. The molecule has 94 valence electrons. The van der Waals surface area contributed by atoms with Crippen molar-refractivity contribution in [3.8, 4) is 0 Å². The van der Waals surface area contributed by atoms with Crippen molar-refractivity contribution in [2.75, 3.05) is 0 Å². The van der Waals surface area contributed by atoms with Gasteiger partial charge < -0.3 is 5.32 Å². The highest BCUT2D eigenvalue weighted by Crippen LogP contribution is 2.51. The van der Waals surface area contributed by atoms with Crippen LogP contribution in [-0.4, -0.2) is 17.8 Å². The van der Waals surface area contributed by atoms with E-state index in [1.54, 1.807) is 0 Å². The van der Waals surface area contributed by atoms with Crippen LogP contribution in [0.2, 0.25) is 0 Å². The average molecular weight is 235 g/mol. The molecule has 0 aromatic carbocycles. The van der Waals surface area contributed by atoms with Gasteiger partial charge >= 0.3 is 6.18 Å². The molecule has 0 radical (unpaired) electrons. The van der Waals surface area contributed by atoms with Crippen molar-refractivity contribution in [3.63, 3.8) is 0 Å². The monoisotopic (exact) mass is 235 g/mol. The summed E-state index contributed by atoms with van der Waals surface area (Å²) in [4.78, 5) is 0. The zero-order valence-corrected chi connectivity index (χ0v) is 9.95. The molecule has 0 aromatic rings. The average Bonchev–Trinajstić information content (AvgIpc) is 2.88. The van der Waals surface area contributed by atoms with Gasteiger partial charge in [-0.25, -0.2) is 0 Å². The van der Waals surface area contributed by atoms with Crippen LogP contribution in [0, 0.1) is 5.41 Å². The molecule has 0 bridgehead atoms. The Morgan fingerprint density at radius 3 is 2.12 bits per heavy atom. The highest BCUT2D eigenvalue weighted by atomic mass is 19.4. The van der Waals surface area contributed by atoms with Gasteiger partial charge in [-0.15, -0.1) is 0 Å². The summed E-state index contributed by atoms with van der Waals surface area (Å²) in [6, 6.07) is 0.0189. The molecule has 1 N–H and O–H groups in total. The Labute approximate surface area is 94.8 Å². The molecule has 1 unspecified atom stereocenters. The molecule has 0 saturated heterocycles. The fourth-order valence-electron chi connectivity index (χ4n) is 2.73. The number of rotatable bonds is 2. The Morgan fingerprint density at radius 1 is 1.06 bits per heavy atom. The van der Waals surface area contributed by atoms with E-state index in [1.165, 1.54) is 0 Å². The SMILES string of the molecule is CC1(C)CCCCC1NC1(C(F)(F)F)CC1. The highest BCUT2D eigenvalue weighted by molar-refractivity contribution is 5.10. The molecular weight excluding hydrogens is 215 g/mol. The molecule has 2 aliphatic carbocycles. The number of nitrogens with one attached hydrogen (secondary N) is 1. The van der Waals surface area contributed by atoms with Crippen LogP contribution in [0.1, 0.15) is 52.4 Å². The first-order valence-corrected chi connectivity index (χ1v) is 6.11. The minimum Gasteiger partial charge on any atom is -0.300 e. The van der Waals surface area contributed by atoms with Gasteiger partial charge in [0.2, 0.25) is 0 Å². The lowest BCUT2D eigenvalue weighted by molar-refractivity contribution is -0.170. The first-order chi connectivity index (χ1) is 7.27. The maximum Gasteiger partial charge on any atom is 0.406 e. The molecule has 2 saturated carbocycles. The van der Waals surface area contributed by atoms with Gasteiger partial charge in [0, 0.05) is 6.04 Å². The summed E-state index contributed by atoms with van der Waals surface area (Å²) in [5.41, 5.74) is -1.55. The summed E-state index contributed by atoms with van der Waals surface area (Å²) >= 11 is 0. The third-order valence-corrected chi connectivity index (χ3v) is 4.25. The van der Waals surface area contributed by atoms with Gasteiger partial charge in [0.15, 0.2) is 0 Å².